The van der Waals surface area contributed by atoms with Crippen LogP contribution in [0.3, 0.4) is 0 Å². The van der Waals surface area contributed by atoms with Crippen LogP contribution in [-0.2, 0) is 11.3 Å². The van der Waals surface area contributed by atoms with Crippen molar-refractivity contribution in [2.45, 2.75) is 38.9 Å². The summed E-state index contributed by atoms with van der Waals surface area (Å²) in [5.41, 5.74) is 2.78. The minimum Gasteiger partial charge on any atom is -0.465 e. The van der Waals surface area contributed by atoms with Gasteiger partial charge in [-0.15, -0.1) is 5.10 Å². The van der Waals surface area contributed by atoms with Crippen molar-refractivity contribution in [3.8, 4) is 0 Å². The van der Waals surface area contributed by atoms with Crippen molar-refractivity contribution < 1.29 is 19.1 Å². The zero-order chi connectivity index (χ0) is 21.4. The fourth-order valence-corrected chi connectivity index (χ4v) is 4.02. The molecule has 30 heavy (non-hydrogen) atoms. The number of carboxylic acid groups (broad SMARTS) is 1. The maximum absolute atomic E-state index is 11.3. The lowest BCUT2D eigenvalue weighted by Crippen LogP contribution is -2.53. The second kappa shape index (κ2) is 8.11. The number of halogens is 1. The van der Waals surface area contributed by atoms with Crippen LogP contribution < -0.4 is 10.6 Å². The Hall–Kier alpha value is -2.85. The number of β-lactam (4-membered cyclic amide) rings is 1. The summed E-state index contributed by atoms with van der Waals surface area (Å²) in [4.78, 5) is 26.0. The highest BCUT2D eigenvalue weighted by molar-refractivity contribution is 6.31. The van der Waals surface area contributed by atoms with Crippen LogP contribution in [0.2, 0.25) is 5.02 Å². The molecule has 2 fully saturated rings. The van der Waals surface area contributed by atoms with Gasteiger partial charge in [0.05, 0.1) is 6.42 Å². The van der Waals surface area contributed by atoms with E-state index < -0.39 is 6.09 Å². The summed E-state index contributed by atoms with van der Waals surface area (Å²) in [7, 11) is 0. The van der Waals surface area contributed by atoms with E-state index in [-0.39, 0.29) is 24.0 Å². The Kier molecular flexibility index (Phi) is 5.52. The first kappa shape index (κ1) is 20.4. The Labute approximate surface area is 178 Å². The molecule has 2 atom stereocenters. The minimum atomic E-state index is -0.882. The molecule has 0 bridgehead atoms. The van der Waals surface area contributed by atoms with E-state index in [1.165, 1.54) is 4.90 Å². The van der Waals surface area contributed by atoms with Gasteiger partial charge in [-0.25, -0.2) is 4.79 Å². The summed E-state index contributed by atoms with van der Waals surface area (Å²) in [6.07, 6.45) is -0.539. The first-order valence-corrected chi connectivity index (χ1v) is 10.1. The number of piperazine rings is 1. The second-order valence-electron chi connectivity index (χ2n) is 7.69. The predicted molar refractivity (Wildman–Crippen MR) is 109 cm³/mol. The van der Waals surface area contributed by atoms with Crippen LogP contribution in [0.25, 0.3) is 0 Å². The van der Waals surface area contributed by atoms with Gasteiger partial charge in [-0.05, 0) is 37.1 Å². The quantitative estimate of drug-likeness (QED) is 0.613. The smallest absolute Gasteiger partial charge is 0.407 e. The van der Waals surface area contributed by atoms with Crippen LogP contribution in [0.1, 0.15) is 36.4 Å². The third-order valence-corrected chi connectivity index (χ3v) is 5.75. The van der Waals surface area contributed by atoms with E-state index in [1.807, 2.05) is 19.9 Å². The molecule has 11 heteroatoms. The summed E-state index contributed by atoms with van der Waals surface area (Å²) in [5, 5.41) is 23.6. The van der Waals surface area contributed by atoms with E-state index in [2.05, 4.69) is 25.7 Å². The molecule has 3 heterocycles. The molecule has 0 spiro atoms. The number of amides is 2. The minimum absolute atomic E-state index is 0.0402. The molecule has 2 aromatic rings. The molecule has 0 unspecified atom stereocenters. The van der Waals surface area contributed by atoms with Crippen molar-refractivity contribution in [2.24, 2.45) is 0 Å². The zero-order valence-corrected chi connectivity index (χ0v) is 17.4. The van der Waals surface area contributed by atoms with Gasteiger partial charge in [-0.2, -0.15) is 0 Å². The summed E-state index contributed by atoms with van der Waals surface area (Å²) < 4.78 is 5.61. The highest BCUT2D eigenvalue weighted by Gasteiger charge is 2.31. The van der Waals surface area contributed by atoms with Gasteiger partial charge in [-0.1, -0.05) is 16.7 Å². The van der Waals surface area contributed by atoms with E-state index in [0.717, 1.165) is 16.8 Å². The van der Waals surface area contributed by atoms with E-state index in [1.54, 1.807) is 6.07 Å². The topological polar surface area (TPSA) is 124 Å². The molecule has 4 rings (SSSR count). The van der Waals surface area contributed by atoms with Gasteiger partial charge in [0.25, 0.3) is 0 Å². The molecule has 2 aliphatic heterocycles. The van der Waals surface area contributed by atoms with Crippen molar-refractivity contribution in [2.75, 3.05) is 25.0 Å². The highest BCUT2D eigenvalue weighted by atomic mass is 35.5. The van der Waals surface area contributed by atoms with Crippen LogP contribution >= 0.6 is 11.6 Å². The van der Waals surface area contributed by atoms with Crippen molar-refractivity contribution in [1.29, 1.82) is 0 Å². The van der Waals surface area contributed by atoms with Crippen LogP contribution in [0, 0.1) is 6.92 Å². The molecule has 1 aromatic carbocycles. The zero-order valence-electron chi connectivity index (χ0n) is 16.7. The van der Waals surface area contributed by atoms with Crippen LogP contribution in [0.4, 0.5) is 16.5 Å². The standard InChI is InChI=1S/C19H23ClN6O4/c1-10-8-25(3-4-26(10)19(28)29)9-12-5-13(20)6-14(11(12)2)22-18-24-23-17(30-18)15-7-16(27)21-15/h5-6,10,15H,3-4,7-9H2,1-2H3,(H,21,27)(H,22,24)(H,28,29)/t10-,15-/m0/s1. The number of nitrogens with zero attached hydrogens (tertiary/aromatic N) is 4. The first-order valence-electron chi connectivity index (χ1n) is 9.71. The lowest BCUT2D eigenvalue weighted by Gasteiger charge is -2.38. The fraction of sp³-hybridized carbons (Fsp3) is 0.474. The van der Waals surface area contributed by atoms with Crippen LogP contribution in [-0.4, -0.2) is 62.8 Å². The van der Waals surface area contributed by atoms with Crippen molar-refractivity contribution in [3.63, 3.8) is 0 Å². The number of rotatable bonds is 5. The number of anilines is 2. The van der Waals surface area contributed by atoms with Crippen LogP contribution in [0.5, 0.6) is 0 Å². The molecule has 10 nitrogen and oxygen atoms in total. The molecule has 1 aromatic heterocycles. The van der Waals surface area contributed by atoms with Gasteiger partial charge in [0, 0.05) is 42.9 Å². The predicted octanol–water partition coefficient (Wildman–Crippen LogP) is 2.52. The number of nitrogens with one attached hydrogen (secondary N) is 2. The van der Waals surface area contributed by atoms with Gasteiger partial charge in [0.2, 0.25) is 11.8 Å². The van der Waals surface area contributed by atoms with Gasteiger partial charge < -0.3 is 25.1 Å². The molecule has 3 N–H and O–H groups in total. The fourth-order valence-electron chi connectivity index (χ4n) is 3.78. The van der Waals surface area contributed by atoms with E-state index in [0.29, 0.717) is 43.5 Å². The third kappa shape index (κ3) is 4.19. The van der Waals surface area contributed by atoms with Crippen LogP contribution in [0.15, 0.2) is 16.5 Å². The van der Waals surface area contributed by atoms with Gasteiger partial charge in [0.1, 0.15) is 6.04 Å². The van der Waals surface area contributed by atoms with E-state index in [4.69, 9.17) is 16.0 Å². The normalized spacial score (nSPS) is 21.8. The molecule has 0 radical (unpaired) electrons. The number of aromatic nitrogens is 2. The van der Waals surface area contributed by atoms with Gasteiger partial charge in [-0.3, -0.25) is 9.69 Å². The number of hydrogen-bond donors (Lipinski definition) is 3. The Morgan fingerprint density at radius 3 is 2.83 bits per heavy atom. The maximum Gasteiger partial charge on any atom is 0.407 e. The average molecular weight is 435 g/mol. The highest BCUT2D eigenvalue weighted by Crippen LogP contribution is 2.30. The molecular formula is C19H23ClN6O4. The van der Waals surface area contributed by atoms with Gasteiger partial charge in [0.15, 0.2) is 0 Å². The van der Waals surface area contributed by atoms with Crippen molar-refractivity contribution >= 4 is 35.3 Å². The van der Waals surface area contributed by atoms with Crippen molar-refractivity contribution in [3.05, 3.63) is 34.2 Å². The Morgan fingerprint density at radius 2 is 2.17 bits per heavy atom. The molecule has 2 amide bonds. The number of carbonyl (C=O) groups is 2. The van der Waals surface area contributed by atoms with Gasteiger partial charge >= 0.3 is 12.1 Å². The maximum atomic E-state index is 11.3. The summed E-state index contributed by atoms with van der Waals surface area (Å²) >= 11 is 6.34. The number of benzene rings is 1. The number of hydrogen-bond acceptors (Lipinski definition) is 7. The Bertz CT molecular complexity index is 972. The molecular weight excluding hydrogens is 412 g/mol. The van der Waals surface area contributed by atoms with E-state index in [9.17, 15) is 14.7 Å². The van der Waals surface area contributed by atoms with E-state index >= 15 is 0 Å². The molecule has 2 saturated heterocycles. The lowest BCUT2D eigenvalue weighted by atomic mass is 10.0. The van der Waals surface area contributed by atoms with Crippen molar-refractivity contribution in [1.82, 2.24) is 25.3 Å². The number of carbonyl (C=O) groups excluding carboxylic acids is 1. The molecule has 0 aliphatic carbocycles. The Balaban J connectivity index is 1.46. The SMILES string of the molecule is Cc1c(CN2CCN(C(=O)O)[C@@H](C)C2)cc(Cl)cc1Nc1nnc([C@@H]2CC(=O)N2)o1. The summed E-state index contributed by atoms with van der Waals surface area (Å²) in [6.45, 7) is 6.34. The summed E-state index contributed by atoms with van der Waals surface area (Å²) in [5.74, 6) is 0.323. The third-order valence-electron chi connectivity index (χ3n) is 5.54. The second-order valence-corrected chi connectivity index (χ2v) is 8.13. The Morgan fingerprint density at radius 1 is 1.40 bits per heavy atom. The summed E-state index contributed by atoms with van der Waals surface area (Å²) in [6, 6.07) is 3.63. The molecule has 2 aliphatic rings. The monoisotopic (exact) mass is 434 g/mol. The first-order chi connectivity index (χ1) is 14.3. The molecule has 0 saturated carbocycles. The average Bonchev–Trinajstić information content (AvgIpc) is 3.10. The largest absolute Gasteiger partial charge is 0.465 e. The molecule has 160 valence electrons. The lowest BCUT2D eigenvalue weighted by molar-refractivity contribution is -0.128.